The van der Waals surface area contributed by atoms with E-state index < -0.39 is 0 Å². The van der Waals surface area contributed by atoms with E-state index in [1.54, 1.807) is 0 Å². The molecule has 15 heavy (non-hydrogen) atoms. The van der Waals surface area contributed by atoms with Crippen LogP contribution in [0.3, 0.4) is 0 Å². The number of aldehydes is 1. The molecule has 1 fully saturated rings. The molecular weight excluding hydrogens is 190 g/mol. The van der Waals surface area contributed by atoms with Gasteiger partial charge in [-0.05, 0) is 37.8 Å². The summed E-state index contributed by atoms with van der Waals surface area (Å²) in [5, 5.41) is 0. The summed E-state index contributed by atoms with van der Waals surface area (Å²) in [6, 6.07) is 3.76. The average molecular weight is 207 g/mol. The van der Waals surface area contributed by atoms with Crippen molar-refractivity contribution in [2.75, 3.05) is 6.61 Å². The van der Waals surface area contributed by atoms with E-state index in [2.05, 4.69) is 0 Å². The third-order valence-electron chi connectivity index (χ3n) is 2.93. The van der Waals surface area contributed by atoms with Crippen LogP contribution < -0.4 is 0 Å². The molecular formula is C12H17NO2. The molecule has 3 nitrogen and oxygen atoms in total. The third kappa shape index (κ3) is 2.69. The average Bonchev–Trinajstić information content (AvgIpc) is 2.88. The molecule has 82 valence electrons. The Hall–Kier alpha value is -1.09. The van der Waals surface area contributed by atoms with E-state index in [4.69, 9.17) is 4.74 Å². The van der Waals surface area contributed by atoms with Crippen molar-refractivity contribution >= 4 is 6.29 Å². The third-order valence-corrected chi connectivity index (χ3v) is 2.93. The fraction of sp³-hybridized carbons (Fsp3) is 0.583. The first kappa shape index (κ1) is 10.4. The van der Waals surface area contributed by atoms with Crippen LogP contribution in [0, 0.1) is 0 Å². The highest BCUT2D eigenvalue weighted by molar-refractivity contribution is 5.72. The second-order valence-corrected chi connectivity index (χ2v) is 4.02. The largest absolute Gasteiger partial charge is 0.378 e. The quantitative estimate of drug-likeness (QED) is 0.693. The molecule has 1 saturated heterocycles. The number of ether oxygens (including phenoxy) is 1. The minimum Gasteiger partial charge on any atom is -0.378 e. The van der Waals surface area contributed by atoms with Crippen molar-refractivity contribution in [3.05, 3.63) is 24.0 Å². The number of nitrogens with zero attached hydrogens (tertiary/aromatic N) is 1. The van der Waals surface area contributed by atoms with E-state index in [1.807, 2.05) is 22.9 Å². The molecule has 0 amide bonds. The normalized spacial score (nSPS) is 20.7. The van der Waals surface area contributed by atoms with Gasteiger partial charge in [-0.15, -0.1) is 0 Å². The number of aryl methyl sites for hydroxylation is 1. The maximum absolute atomic E-state index is 10.7. The lowest BCUT2D eigenvalue weighted by molar-refractivity contribution is 0.101. The summed E-state index contributed by atoms with van der Waals surface area (Å²) in [5.41, 5.74) is 0.766. The number of aromatic nitrogens is 1. The Kier molecular flexibility index (Phi) is 3.56. The molecule has 0 N–H and O–H groups in total. The molecule has 1 aliphatic rings. The van der Waals surface area contributed by atoms with Gasteiger partial charge >= 0.3 is 0 Å². The SMILES string of the molecule is O=Cc1cccn1CCCC1CCCO1. The Balaban J connectivity index is 1.75. The molecule has 0 bridgehead atoms. The minimum absolute atomic E-state index is 0.459. The summed E-state index contributed by atoms with van der Waals surface area (Å²) in [4.78, 5) is 10.7. The predicted molar refractivity (Wildman–Crippen MR) is 58.0 cm³/mol. The number of carbonyl (C=O) groups is 1. The van der Waals surface area contributed by atoms with E-state index >= 15 is 0 Å². The van der Waals surface area contributed by atoms with Gasteiger partial charge in [0.25, 0.3) is 0 Å². The van der Waals surface area contributed by atoms with Crippen molar-refractivity contribution in [1.82, 2.24) is 4.57 Å². The van der Waals surface area contributed by atoms with Crippen LogP contribution in [-0.4, -0.2) is 23.6 Å². The lowest BCUT2D eigenvalue weighted by Gasteiger charge is -2.09. The highest BCUT2D eigenvalue weighted by atomic mass is 16.5. The van der Waals surface area contributed by atoms with Crippen LogP contribution >= 0.6 is 0 Å². The number of carbonyl (C=O) groups excluding carboxylic acids is 1. The maximum Gasteiger partial charge on any atom is 0.166 e. The second-order valence-electron chi connectivity index (χ2n) is 4.02. The van der Waals surface area contributed by atoms with E-state index in [0.29, 0.717) is 6.10 Å². The lowest BCUT2D eigenvalue weighted by Crippen LogP contribution is -2.08. The molecule has 0 saturated carbocycles. The van der Waals surface area contributed by atoms with Gasteiger partial charge in [-0.2, -0.15) is 0 Å². The van der Waals surface area contributed by atoms with Crippen LogP contribution in [0.5, 0.6) is 0 Å². The van der Waals surface area contributed by atoms with Crippen LogP contribution in [0.4, 0.5) is 0 Å². The smallest absolute Gasteiger partial charge is 0.166 e. The first-order valence-electron chi connectivity index (χ1n) is 5.62. The van der Waals surface area contributed by atoms with Crippen molar-refractivity contribution < 1.29 is 9.53 Å². The topological polar surface area (TPSA) is 31.2 Å². The zero-order valence-corrected chi connectivity index (χ0v) is 8.89. The molecule has 1 unspecified atom stereocenters. The summed E-state index contributed by atoms with van der Waals surface area (Å²) in [7, 11) is 0. The second kappa shape index (κ2) is 5.12. The van der Waals surface area contributed by atoms with Gasteiger partial charge in [0.1, 0.15) is 0 Å². The van der Waals surface area contributed by atoms with Crippen LogP contribution in [0.1, 0.15) is 36.2 Å². The number of rotatable bonds is 5. The van der Waals surface area contributed by atoms with Crippen LogP contribution in [0.2, 0.25) is 0 Å². The number of hydrogen-bond acceptors (Lipinski definition) is 2. The van der Waals surface area contributed by atoms with Gasteiger partial charge in [-0.25, -0.2) is 0 Å². The Morgan fingerprint density at radius 1 is 1.60 bits per heavy atom. The van der Waals surface area contributed by atoms with E-state index in [-0.39, 0.29) is 0 Å². The van der Waals surface area contributed by atoms with Gasteiger partial charge < -0.3 is 9.30 Å². The molecule has 1 aromatic heterocycles. The summed E-state index contributed by atoms with van der Waals surface area (Å²) in [6.07, 6.45) is 7.92. The van der Waals surface area contributed by atoms with E-state index in [0.717, 1.165) is 38.0 Å². The highest BCUT2D eigenvalue weighted by Gasteiger charge is 2.14. The Labute approximate surface area is 90.0 Å². The summed E-state index contributed by atoms with van der Waals surface area (Å²) in [6.45, 7) is 1.84. The fourth-order valence-electron chi connectivity index (χ4n) is 2.10. The summed E-state index contributed by atoms with van der Waals surface area (Å²) < 4.78 is 7.55. The van der Waals surface area contributed by atoms with Gasteiger partial charge in [-0.3, -0.25) is 4.79 Å². The first-order valence-corrected chi connectivity index (χ1v) is 5.62. The van der Waals surface area contributed by atoms with Crippen molar-refractivity contribution in [2.45, 2.75) is 38.3 Å². The standard InChI is InChI=1S/C12H17NO2/c14-10-11-4-1-7-13(11)8-2-5-12-6-3-9-15-12/h1,4,7,10,12H,2-3,5-6,8-9H2. The molecule has 1 aliphatic heterocycles. The summed E-state index contributed by atoms with van der Waals surface area (Å²) >= 11 is 0. The molecule has 3 heteroatoms. The van der Waals surface area contributed by atoms with Crippen molar-refractivity contribution in [3.63, 3.8) is 0 Å². The molecule has 0 aliphatic carbocycles. The van der Waals surface area contributed by atoms with Crippen molar-refractivity contribution in [2.24, 2.45) is 0 Å². The Bertz CT molecular complexity index is 313. The lowest BCUT2D eigenvalue weighted by atomic mass is 10.1. The molecule has 0 aromatic carbocycles. The van der Waals surface area contributed by atoms with Crippen molar-refractivity contribution in [1.29, 1.82) is 0 Å². The Morgan fingerprint density at radius 2 is 2.53 bits per heavy atom. The maximum atomic E-state index is 10.7. The molecule has 2 rings (SSSR count). The molecule has 0 spiro atoms. The van der Waals surface area contributed by atoms with Gasteiger partial charge in [-0.1, -0.05) is 0 Å². The highest BCUT2D eigenvalue weighted by Crippen LogP contribution is 2.17. The predicted octanol–water partition coefficient (Wildman–Crippen LogP) is 2.26. The van der Waals surface area contributed by atoms with Crippen LogP contribution in [-0.2, 0) is 11.3 Å². The van der Waals surface area contributed by atoms with Crippen LogP contribution in [0.25, 0.3) is 0 Å². The fourth-order valence-corrected chi connectivity index (χ4v) is 2.10. The summed E-state index contributed by atoms with van der Waals surface area (Å²) in [5.74, 6) is 0. The van der Waals surface area contributed by atoms with Crippen molar-refractivity contribution in [3.8, 4) is 0 Å². The Morgan fingerprint density at radius 3 is 3.27 bits per heavy atom. The van der Waals surface area contributed by atoms with Gasteiger partial charge in [0.15, 0.2) is 6.29 Å². The van der Waals surface area contributed by atoms with Gasteiger partial charge in [0.05, 0.1) is 11.8 Å². The molecule has 0 radical (unpaired) electrons. The monoisotopic (exact) mass is 207 g/mol. The van der Waals surface area contributed by atoms with E-state index in [1.165, 1.54) is 12.8 Å². The minimum atomic E-state index is 0.459. The number of hydrogen-bond donors (Lipinski definition) is 0. The van der Waals surface area contributed by atoms with E-state index in [9.17, 15) is 4.79 Å². The molecule has 2 heterocycles. The van der Waals surface area contributed by atoms with Crippen LogP contribution in [0.15, 0.2) is 18.3 Å². The van der Waals surface area contributed by atoms with Gasteiger partial charge in [0.2, 0.25) is 0 Å². The zero-order chi connectivity index (χ0) is 10.5. The first-order chi connectivity index (χ1) is 7.40. The zero-order valence-electron chi connectivity index (χ0n) is 8.89. The molecule has 1 aromatic rings. The van der Waals surface area contributed by atoms with Gasteiger partial charge in [0, 0.05) is 19.3 Å². The molecule has 1 atom stereocenters.